The van der Waals surface area contributed by atoms with Crippen molar-refractivity contribution in [1.82, 2.24) is 0 Å². The molecule has 22 heavy (non-hydrogen) atoms. The summed E-state index contributed by atoms with van der Waals surface area (Å²) in [5.41, 5.74) is 1.48. The van der Waals surface area contributed by atoms with E-state index >= 15 is 0 Å². The molecule has 0 radical (unpaired) electrons. The summed E-state index contributed by atoms with van der Waals surface area (Å²) in [6.45, 7) is 0.485. The molecule has 0 aliphatic rings. The van der Waals surface area contributed by atoms with E-state index in [-0.39, 0.29) is 5.91 Å². The van der Waals surface area contributed by atoms with Gasteiger partial charge in [0.25, 0.3) is 0 Å². The maximum atomic E-state index is 11.9. The SMILES string of the molecule is COc1ccccc1NC(=O)CCNc1ccc(Cl)c(Cl)c1. The van der Waals surface area contributed by atoms with Crippen LogP contribution in [0, 0.1) is 0 Å². The standard InChI is InChI=1S/C16H16Cl2N2O2/c1-22-15-5-3-2-4-14(15)20-16(21)8-9-19-11-6-7-12(17)13(18)10-11/h2-7,10,19H,8-9H2,1H3,(H,20,21). The molecule has 0 unspecified atom stereocenters. The first-order chi connectivity index (χ1) is 10.6. The van der Waals surface area contributed by atoms with E-state index in [1.54, 1.807) is 31.4 Å². The van der Waals surface area contributed by atoms with Crippen LogP contribution in [0.5, 0.6) is 5.75 Å². The summed E-state index contributed by atoms with van der Waals surface area (Å²) < 4.78 is 5.19. The summed E-state index contributed by atoms with van der Waals surface area (Å²) in [6, 6.07) is 12.5. The van der Waals surface area contributed by atoms with Crippen LogP contribution in [0.25, 0.3) is 0 Å². The highest BCUT2D eigenvalue weighted by molar-refractivity contribution is 6.42. The monoisotopic (exact) mass is 338 g/mol. The van der Waals surface area contributed by atoms with Crippen LogP contribution in [0.3, 0.4) is 0 Å². The summed E-state index contributed by atoms with van der Waals surface area (Å²) in [4.78, 5) is 11.9. The Bertz CT molecular complexity index is 662. The molecule has 2 rings (SSSR count). The molecule has 0 aromatic heterocycles. The Hall–Kier alpha value is -1.91. The van der Waals surface area contributed by atoms with E-state index in [1.165, 1.54) is 0 Å². The van der Waals surface area contributed by atoms with Gasteiger partial charge in [-0.3, -0.25) is 4.79 Å². The number of methoxy groups -OCH3 is 1. The summed E-state index contributed by atoms with van der Waals surface area (Å²) >= 11 is 11.8. The van der Waals surface area contributed by atoms with Crippen molar-refractivity contribution < 1.29 is 9.53 Å². The van der Waals surface area contributed by atoms with Gasteiger partial charge in [-0.15, -0.1) is 0 Å². The lowest BCUT2D eigenvalue weighted by molar-refractivity contribution is -0.115. The zero-order valence-corrected chi connectivity index (χ0v) is 13.5. The number of ether oxygens (including phenoxy) is 1. The van der Waals surface area contributed by atoms with E-state index < -0.39 is 0 Å². The van der Waals surface area contributed by atoms with E-state index in [0.29, 0.717) is 34.4 Å². The molecule has 0 saturated carbocycles. The number of carbonyl (C=O) groups is 1. The number of carbonyl (C=O) groups excluding carboxylic acids is 1. The van der Waals surface area contributed by atoms with Gasteiger partial charge in [0.15, 0.2) is 0 Å². The Morgan fingerprint density at radius 2 is 1.91 bits per heavy atom. The van der Waals surface area contributed by atoms with E-state index in [4.69, 9.17) is 27.9 Å². The van der Waals surface area contributed by atoms with Crippen LogP contribution in [0.1, 0.15) is 6.42 Å². The smallest absolute Gasteiger partial charge is 0.226 e. The molecule has 0 fully saturated rings. The van der Waals surface area contributed by atoms with Crippen molar-refractivity contribution in [2.24, 2.45) is 0 Å². The second-order valence-electron chi connectivity index (χ2n) is 4.55. The Labute approximate surface area is 139 Å². The van der Waals surface area contributed by atoms with Crippen LogP contribution in [0.15, 0.2) is 42.5 Å². The van der Waals surface area contributed by atoms with Gasteiger partial charge in [0.1, 0.15) is 5.75 Å². The van der Waals surface area contributed by atoms with Crippen molar-refractivity contribution in [3.63, 3.8) is 0 Å². The van der Waals surface area contributed by atoms with E-state index in [1.807, 2.05) is 18.2 Å². The molecule has 2 aromatic carbocycles. The third-order valence-corrected chi connectivity index (χ3v) is 3.72. The Morgan fingerprint density at radius 1 is 1.14 bits per heavy atom. The molecule has 0 atom stereocenters. The normalized spacial score (nSPS) is 10.1. The summed E-state index contributed by atoms with van der Waals surface area (Å²) in [6.07, 6.45) is 0.318. The predicted molar refractivity (Wildman–Crippen MR) is 91.2 cm³/mol. The minimum atomic E-state index is -0.0999. The highest BCUT2D eigenvalue weighted by Gasteiger charge is 2.06. The molecule has 116 valence electrons. The quantitative estimate of drug-likeness (QED) is 0.818. The average Bonchev–Trinajstić information content (AvgIpc) is 2.51. The molecule has 0 aliphatic carbocycles. The molecule has 1 amide bonds. The Kier molecular flexibility index (Phi) is 5.92. The fourth-order valence-corrected chi connectivity index (χ4v) is 2.19. The fraction of sp³-hybridized carbons (Fsp3) is 0.188. The van der Waals surface area contributed by atoms with Gasteiger partial charge in [-0.05, 0) is 30.3 Å². The molecule has 4 nitrogen and oxygen atoms in total. The van der Waals surface area contributed by atoms with Crippen LogP contribution in [0.4, 0.5) is 11.4 Å². The lowest BCUT2D eigenvalue weighted by Gasteiger charge is -2.10. The number of rotatable bonds is 6. The first-order valence-electron chi connectivity index (χ1n) is 6.72. The number of hydrogen-bond donors (Lipinski definition) is 2. The number of hydrogen-bond acceptors (Lipinski definition) is 3. The summed E-state index contributed by atoms with van der Waals surface area (Å²) in [5.74, 6) is 0.533. The van der Waals surface area contributed by atoms with Gasteiger partial charge in [0, 0.05) is 18.7 Å². The molecular weight excluding hydrogens is 323 g/mol. The van der Waals surface area contributed by atoms with Gasteiger partial charge in [-0.25, -0.2) is 0 Å². The highest BCUT2D eigenvalue weighted by atomic mass is 35.5. The maximum Gasteiger partial charge on any atom is 0.226 e. The highest BCUT2D eigenvalue weighted by Crippen LogP contribution is 2.25. The van der Waals surface area contributed by atoms with Crippen molar-refractivity contribution in [2.45, 2.75) is 6.42 Å². The van der Waals surface area contributed by atoms with Gasteiger partial charge in [0.05, 0.1) is 22.8 Å². The number of halogens is 2. The topological polar surface area (TPSA) is 50.4 Å². The van der Waals surface area contributed by atoms with E-state index in [2.05, 4.69) is 10.6 Å². The second-order valence-corrected chi connectivity index (χ2v) is 5.37. The second kappa shape index (κ2) is 7.92. The fourth-order valence-electron chi connectivity index (χ4n) is 1.89. The summed E-state index contributed by atoms with van der Waals surface area (Å²) in [5, 5.41) is 6.92. The molecule has 0 bridgehead atoms. The molecule has 0 saturated heterocycles. The van der Waals surface area contributed by atoms with Crippen LogP contribution >= 0.6 is 23.2 Å². The molecule has 0 spiro atoms. The van der Waals surface area contributed by atoms with Gasteiger partial charge in [-0.2, -0.15) is 0 Å². The average molecular weight is 339 g/mol. The molecule has 2 N–H and O–H groups in total. The third kappa shape index (κ3) is 4.55. The minimum Gasteiger partial charge on any atom is -0.495 e. The van der Waals surface area contributed by atoms with Crippen molar-refractivity contribution >= 4 is 40.5 Å². The number of benzene rings is 2. The third-order valence-electron chi connectivity index (χ3n) is 2.98. The molecular formula is C16H16Cl2N2O2. The van der Waals surface area contributed by atoms with Gasteiger partial charge < -0.3 is 15.4 Å². The Morgan fingerprint density at radius 3 is 2.64 bits per heavy atom. The maximum absolute atomic E-state index is 11.9. The van der Waals surface area contributed by atoms with Gasteiger partial charge in [0.2, 0.25) is 5.91 Å². The van der Waals surface area contributed by atoms with Gasteiger partial charge in [-0.1, -0.05) is 35.3 Å². The number of para-hydroxylation sites is 2. The first kappa shape index (κ1) is 16.5. The minimum absolute atomic E-state index is 0.0999. The number of amides is 1. The van der Waals surface area contributed by atoms with Gasteiger partial charge >= 0.3 is 0 Å². The molecule has 0 aliphatic heterocycles. The number of nitrogens with one attached hydrogen (secondary N) is 2. The molecule has 0 heterocycles. The van der Waals surface area contributed by atoms with E-state index in [0.717, 1.165) is 5.69 Å². The van der Waals surface area contributed by atoms with Crippen LogP contribution in [-0.4, -0.2) is 19.6 Å². The van der Waals surface area contributed by atoms with E-state index in [9.17, 15) is 4.79 Å². The lowest BCUT2D eigenvalue weighted by Crippen LogP contribution is -2.16. The summed E-state index contributed by atoms with van der Waals surface area (Å²) in [7, 11) is 1.57. The lowest BCUT2D eigenvalue weighted by atomic mass is 10.2. The predicted octanol–water partition coefficient (Wildman–Crippen LogP) is 4.44. The number of anilines is 2. The zero-order chi connectivity index (χ0) is 15.9. The molecule has 6 heteroatoms. The Balaban J connectivity index is 1.84. The van der Waals surface area contributed by atoms with Crippen LogP contribution < -0.4 is 15.4 Å². The van der Waals surface area contributed by atoms with Crippen molar-refractivity contribution in [2.75, 3.05) is 24.3 Å². The zero-order valence-electron chi connectivity index (χ0n) is 12.0. The van der Waals surface area contributed by atoms with Crippen molar-refractivity contribution in [1.29, 1.82) is 0 Å². The van der Waals surface area contributed by atoms with Crippen molar-refractivity contribution in [3.05, 3.63) is 52.5 Å². The first-order valence-corrected chi connectivity index (χ1v) is 7.47. The largest absolute Gasteiger partial charge is 0.495 e. The molecule has 2 aromatic rings. The van der Waals surface area contributed by atoms with Crippen molar-refractivity contribution in [3.8, 4) is 5.75 Å². The van der Waals surface area contributed by atoms with Crippen LogP contribution in [-0.2, 0) is 4.79 Å². The van der Waals surface area contributed by atoms with Crippen LogP contribution in [0.2, 0.25) is 10.0 Å².